The fraction of sp³-hybridized carbons (Fsp3) is 0.320. The minimum Gasteiger partial charge on any atom is -0.464 e. The van der Waals surface area contributed by atoms with E-state index in [1.807, 2.05) is 36.4 Å². The maximum atomic E-state index is 13.3. The van der Waals surface area contributed by atoms with Gasteiger partial charge in [-0.15, -0.1) is 5.10 Å². The van der Waals surface area contributed by atoms with E-state index in [2.05, 4.69) is 15.1 Å². The minimum atomic E-state index is -0.562. The van der Waals surface area contributed by atoms with E-state index in [1.54, 1.807) is 13.0 Å². The highest BCUT2D eigenvalue weighted by Gasteiger charge is 2.24. The second kappa shape index (κ2) is 9.30. The summed E-state index contributed by atoms with van der Waals surface area (Å²) in [5.41, 5.74) is 9.54. The zero-order chi connectivity index (χ0) is 24.5. The minimum absolute atomic E-state index is 0.0300. The summed E-state index contributed by atoms with van der Waals surface area (Å²) in [5.74, 6) is -0.532. The molecule has 1 unspecified atom stereocenters. The molecule has 1 aromatic carbocycles. The molecule has 1 saturated heterocycles. The first kappa shape index (κ1) is 22.7. The van der Waals surface area contributed by atoms with Crippen LogP contribution in [0, 0.1) is 6.92 Å². The first-order chi connectivity index (χ1) is 17.0. The fourth-order valence-electron chi connectivity index (χ4n) is 4.46. The van der Waals surface area contributed by atoms with Crippen LogP contribution in [0.25, 0.3) is 28.0 Å². The molecule has 0 amide bonds. The highest BCUT2D eigenvalue weighted by molar-refractivity contribution is 5.94. The Kier molecular flexibility index (Phi) is 6.04. The molecule has 0 spiro atoms. The Bertz CT molecular complexity index is 1450. The summed E-state index contributed by atoms with van der Waals surface area (Å²) in [6, 6.07) is 12.9. The zero-order valence-electron chi connectivity index (χ0n) is 19.6. The smallest absolute Gasteiger partial charge is 0.356 e. The van der Waals surface area contributed by atoms with Gasteiger partial charge in [0.05, 0.1) is 31.0 Å². The third kappa shape index (κ3) is 4.28. The zero-order valence-corrected chi connectivity index (χ0v) is 19.6. The van der Waals surface area contributed by atoms with Crippen molar-refractivity contribution in [1.29, 1.82) is 0 Å². The predicted molar refractivity (Wildman–Crippen MR) is 130 cm³/mol. The van der Waals surface area contributed by atoms with Crippen LogP contribution in [0.5, 0.6) is 0 Å². The normalized spacial score (nSPS) is 15.9. The van der Waals surface area contributed by atoms with Gasteiger partial charge in [-0.25, -0.2) is 28.6 Å². The topological polar surface area (TPSA) is 127 Å². The van der Waals surface area contributed by atoms with Gasteiger partial charge in [-0.05, 0) is 43.9 Å². The van der Waals surface area contributed by atoms with Crippen LogP contribution in [0.3, 0.4) is 0 Å². The van der Waals surface area contributed by atoms with Crippen molar-refractivity contribution in [1.82, 2.24) is 24.1 Å². The Hall–Kier alpha value is -4.05. The molecule has 180 valence electrons. The molecule has 1 atom stereocenters. The quantitative estimate of drug-likeness (QED) is 0.438. The van der Waals surface area contributed by atoms with Gasteiger partial charge < -0.3 is 15.2 Å². The molecular formula is C25H26N6O4. The summed E-state index contributed by atoms with van der Waals surface area (Å²) < 4.78 is 13.4. The number of nitrogens with zero attached hydrogens (tertiary/aromatic N) is 5. The van der Waals surface area contributed by atoms with Crippen molar-refractivity contribution in [3.05, 3.63) is 64.3 Å². The van der Waals surface area contributed by atoms with Crippen molar-refractivity contribution in [3.8, 4) is 22.4 Å². The number of esters is 1. The van der Waals surface area contributed by atoms with Crippen LogP contribution in [-0.4, -0.2) is 49.9 Å². The molecule has 1 aliphatic rings. The molecular weight excluding hydrogens is 448 g/mol. The van der Waals surface area contributed by atoms with E-state index < -0.39 is 5.97 Å². The molecule has 10 heteroatoms. The fourth-order valence-corrected chi connectivity index (χ4v) is 4.46. The van der Waals surface area contributed by atoms with Crippen LogP contribution in [0.1, 0.15) is 35.4 Å². The third-order valence-electron chi connectivity index (χ3n) is 6.09. The SMILES string of the molecule is COC(=O)c1cc(-c2c(-c3ccccc3)nc(N)n3c(=O)n(CC4CCCCO4)nc23)cc(C)n1. The van der Waals surface area contributed by atoms with Crippen LogP contribution in [0.2, 0.25) is 0 Å². The summed E-state index contributed by atoms with van der Waals surface area (Å²) in [4.78, 5) is 34.5. The first-order valence-electron chi connectivity index (χ1n) is 11.5. The molecule has 0 saturated carbocycles. The van der Waals surface area contributed by atoms with Gasteiger partial charge >= 0.3 is 11.7 Å². The average Bonchev–Trinajstić information content (AvgIpc) is 3.20. The first-order valence-corrected chi connectivity index (χ1v) is 11.5. The largest absolute Gasteiger partial charge is 0.464 e. The van der Waals surface area contributed by atoms with Gasteiger partial charge in [0.15, 0.2) is 5.65 Å². The molecule has 1 fully saturated rings. The van der Waals surface area contributed by atoms with Crippen molar-refractivity contribution >= 4 is 17.6 Å². The number of methoxy groups -OCH3 is 1. The maximum Gasteiger partial charge on any atom is 0.356 e. The summed E-state index contributed by atoms with van der Waals surface area (Å²) in [5, 5.41) is 4.68. The van der Waals surface area contributed by atoms with E-state index in [0.29, 0.717) is 41.3 Å². The van der Waals surface area contributed by atoms with E-state index in [1.165, 1.54) is 16.2 Å². The van der Waals surface area contributed by atoms with Crippen molar-refractivity contribution in [2.75, 3.05) is 19.5 Å². The Balaban J connectivity index is 1.78. The van der Waals surface area contributed by atoms with Crippen molar-refractivity contribution < 1.29 is 14.3 Å². The third-order valence-corrected chi connectivity index (χ3v) is 6.09. The van der Waals surface area contributed by atoms with Gasteiger partial charge in [0.25, 0.3) is 0 Å². The number of hydrogen-bond acceptors (Lipinski definition) is 8. The maximum absolute atomic E-state index is 13.3. The molecule has 0 radical (unpaired) electrons. The molecule has 10 nitrogen and oxygen atoms in total. The Morgan fingerprint density at radius 1 is 1.17 bits per heavy atom. The monoisotopic (exact) mass is 474 g/mol. The number of rotatable bonds is 5. The van der Waals surface area contributed by atoms with Crippen LogP contribution >= 0.6 is 0 Å². The molecule has 4 aromatic rings. The average molecular weight is 475 g/mol. The standard InChI is InChI=1S/C25H26N6O4/c1-15-12-17(13-19(27-15)23(32)34-2)20-21(16-8-4-3-5-9-16)28-24(26)31-22(20)29-30(25(31)33)14-18-10-6-7-11-35-18/h3-5,8-9,12-13,18H,6-7,10-11,14H2,1-2H3,(H2,26,28). The second-order valence-corrected chi connectivity index (χ2v) is 8.55. The number of nitrogens with two attached hydrogens (primary N) is 1. The molecule has 1 aliphatic heterocycles. The van der Waals surface area contributed by atoms with Crippen LogP contribution in [0.4, 0.5) is 5.95 Å². The van der Waals surface area contributed by atoms with Gasteiger partial charge in [-0.3, -0.25) is 0 Å². The summed E-state index contributed by atoms with van der Waals surface area (Å²) in [6.45, 7) is 2.78. The Labute approximate surface area is 201 Å². The molecule has 2 N–H and O–H groups in total. The summed E-state index contributed by atoms with van der Waals surface area (Å²) >= 11 is 0. The number of fused-ring (bicyclic) bond motifs is 1. The molecule has 35 heavy (non-hydrogen) atoms. The number of pyridine rings is 1. The van der Waals surface area contributed by atoms with Gasteiger partial charge in [-0.1, -0.05) is 30.3 Å². The lowest BCUT2D eigenvalue weighted by atomic mass is 9.99. The number of hydrogen-bond donors (Lipinski definition) is 1. The van der Waals surface area contributed by atoms with Gasteiger partial charge in [0.2, 0.25) is 5.95 Å². The molecule has 5 rings (SSSR count). The number of benzene rings is 1. The lowest BCUT2D eigenvalue weighted by Crippen LogP contribution is -2.31. The summed E-state index contributed by atoms with van der Waals surface area (Å²) in [7, 11) is 1.30. The van der Waals surface area contributed by atoms with Crippen LogP contribution in [0.15, 0.2) is 47.3 Å². The second-order valence-electron chi connectivity index (χ2n) is 8.55. The molecule has 3 aromatic heterocycles. The van der Waals surface area contributed by atoms with E-state index in [4.69, 9.17) is 15.2 Å². The number of carbonyl (C=O) groups is 1. The summed E-state index contributed by atoms with van der Waals surface area (Å²) in [6.07, 6.45) is 2.84. The number of aryl methyl sites for hydroxylation is 1. The predicted octanol–water partition coefficient (Wildman–Crippen LogP) is 2.87. The van der Waals surface area contributed by atoms with Crippen LogP contribution < -0.4 is 11.4 Å². The number of ether oxygens (including phenoxy) is 2. The van der Waals surface area contributed by atoms with Crippen molar-refractivity contribution in [2.45, 2.75) is 38.8 Å². The van der Waals surface area contributed by atoms with E-state index >= 15 is 0 Å². The van der Waals surface area contributed by atoms with E-state index in [0.717, 1.165) is 24.8 Å². The molecule has 0 aliphatic carbocycles. The highest BCUT2D eigenvalue weighted by atomic mass is 16.5. The Morgan fingerprint density at radius 2 is 1.97 bits per heavy atom. The van der Waals surface area contributed by atoms with E-state index in [-0.39, 0.29) is 23.4 Å². The Morgan fingerprint density at radius 3 is 2.69 bits per heavy atom. The van der Waals surface area contributed by atoms with Crippen molar-refractivity contribution in [3.63, 3.8) is 0 Å². The number of anilines is 1. The van der Waals surface area contributed by atoms with Gasteiger partial charge in [0, 0.05) is 17.9 Å². The van der Waals surface area contributed by atoms with Crippen molar-refractivity contribution in [2.24, 2.45) is 0 Å². The highest BCUT2D eigenvalue weighted by Crippen LogP contribution is 2.35. The number of nitrogen functional groups attached to an aromatic ring is 1. The van der Waals surface area contributed by atoms with Gasteiger partial charge in [0.1, 0.15) is 5.69 Å². The lowest BCUT2D eigenvalue weighted by Gasteiger charge is -2.21. The number of aromatic nitrogens is 5. The van der Waals surface area contributed by atoms with Gasteiger partial charge in [-0.2, -0.15) is 0 Å². The molecule has 4 heterocycles. The number of carbonyl (C=O) groups excluding carboxylic acids is 1. The lowest BCUT2D eigenvalue weighted by molar-refractivity contribution is 0.00341. The molecule has 0 bridgehead atoms. The van der Waals surface area contributed by atoms with Crippen LogP contribution in [-0.2, 0) is 16.0 Å². The van der Waals surface area contributed by atoms with E-state index in [9.17, 15) is 9.59 Å².